The smallest absolute Gasteiger partial charge is 0.191 e. The fourth-order valence-electron chi connectivity index (χ4n) is 1.96. The second kappa shape index (κ2) is 11.6. The topological polar surface area (TPSA) is 39.7 Å². The van der Waals surface area contributed by atoms with Gasteiger partial charge in [0.15, 0.2) is 5.96 Å². The number of hydrogen-bond donors (Lipinski definition) is 2. The quantitative estimate of drug-likeness (QED) is 0.389. The summed E-state index contributed by atoms with van der Waals surface area (Å²) in [5, 5.41) is 6.15. The van der Waals surface area contributed by atoms with Crippen LogP contribution in [-0.2, 0) is 6.54 Å². The van der Waals surface area contributed by atoms with E-state index in [4.69, 9.17) is 0 Å². The van der Waals surface area contributed by atoms with E-state index in [0.29, 0.717) is 12.0 Å². The molecule has 0 fully saturated rings. The molecule has 0 aliphatic rings. The zero-order valence-electron chi connectivity index (χ0n) is 14.2. The van der Waals surface area contributed by atoms with Crippen LogP contribution < -0.4 is 10.6 Å². The molecule has 0 heterocycles. The maximum atomic E-state index is 13.5. The Balaban J connectivity index is 0.00000484. The molecule has 23 heavy (non-hydrogen) atoms. The summed E-state index contributed by atoms with van der Waals surface area (Å²) in [4.78, 5) is 6.33. The molecule has 0 radical (unpaired) electrons. The van der Waals surface area contributed by atoms with E-state index in [1.54, 1.807) is 7.05 Å². The molecule has 0 aliphatic heterocycles. The zero-order chi connectivity index (χ0) is 16.5. The van der Waals surface area contributed by atoms with E-state index in [1.807, 2.05) is 0 Å². The van der Waals surface area contributed by atoms with Crippen LogP contribution in [0.2, 0.25) is 0 Å². The molecular formula is C16H27F2IN4. The van der Waals surface area contributed by atoms with Crippen LogP contribution in [0, 0.1) is 11.6 Å². The summed E-state index contributed by atoms with van der Waals surface area (Å²) >= 11 is 0. The number of aliphatic imine (C=N–C) groups is 1. The van der Waals surface area contributed by atoms with Gasteiger partial charge in [-0.15, -0.1) is 24.0 Å². The molecule has 4 nitrogen and oxygen atoms in total. The lowest BCUT2D eigenvalue weighted by atomic mass is 10.2. The van der Waals surface area contributed by atoms with Crippen LogP contribution in [0.5, 0.6) is 0 Å². The molecule has 1 unspecified atom stereocenters. The van der Waals surface area contributed by atoms with E-state index in [1.165, 1.54) is 6.07 Å². The second-order valence-corrected chi connectivity index (χ2v) is 5.33. The standard InChI is InChI=1S/C16H26F2N4.HI/c1-5-12(2)22(4)9-8-20-16(19-3)21-11-13-10-14(17)6-7-15(13)18;/h6-7,10,12H,5,8-9,11H2,1-4H3,(H2,19,20,21);1H. The monoisotopic (exact) mass is 440 g/mol. The minimum Gasteiger partial charge on any atom is -0.355 e. The van der Waals surface area contributed by atoms with E-state index in [2.05, 4.69) is 41.4 Å². The van der Waals surface area contributed by atoms with E-state index >= 15 is 0 Å². The lowest BCUT2D eigenvalue weighted by Crippen LogP contribution is -2.42. The maximum Gasteiger partial charge on any atom is 0.191 e. The predicted molar refractivity (Wildman–Crippen MR) is 102 cm³/mol. The van der Waals surface area contributed by atoms with Crippen molar-refractivity contribution in [3.63, 3.8) is 0 Å². The van der Waals surface area contributed by atoms with Crippen molar-refractivity contribution >= 4 is 29.9 Å². The molecular weight excluding hydrogens is 413 g/mol. The number of nitrogens with zero attached hydrogens (tertiary/aromatic N) is 2. The lowest BCUT2D eigenvalue weighted by Gasteiger charge is -2.24. The SMILES string of the molecule is CCC(C)N(C)CCNC(=NC)NCc1cc(F)ccc1F.I. The Morgan fingerprint density at radius 3 is 2.61 bits per heavy atom. The summed E-state index contributed by atoms with van der Waals surface area (Å²) in [7, 11) is 3.73. The third-order valence-electron chi connectivity index (χ3n) is 3.78. The summed E-state index contributed by atoms with van der Waals surface area (Å²) in [6, 6.07) is 3.95. The van der Waals surface area contributed by atoms with E-state index < -0.39 is 11.6 Å². The van der Waals surface area contributed by atoms with Gasteiger partial charge in [-0.3, -0.25) is 4.99 Å². The third-order valence-corrected chi connectivity index (χ3v) is 3.78. The van der Waals surface area contributed by atoms with Crippen molar-refractivity contribution < 1.29 is 8.78 Å². The first-order chi connectivity index (χ1) is 10.5. The average molecular weight is 440 g/mol. The first kappa shape index (κ1) is 22.0. The molecule has 0 amide bonds. The highest BCUT2D eigenvalue weighted by molar-refractivity contribution is 14.0. The summed E-state index contributed by atoms with van der Waals surface area (Å²) < 4.78 is 26.6. The molecule has 0 saturated carbocycles. The molecule has 1 rings (SSSR count). The normalized spacial score (nSPS) is 12.7. The van der Waals surface area contributed by atoms with Crippen LogP contribution >= 0.6 is 24.0 Å². The second-order valence-electron chi connectivity index (χ2n) is 5.33. The molecule has 0 aliphatic carbocycles. The van der Waals surface area contributed by atoms with Gasteiger partial charge in [0.25, 0.3) is 0 Å². The van der Waals surface area contributed by atoms with Crippen molar-refractivity contribution in [3.8, 4) is 0 Å². The van der Waals surface area contributed by atoms with Gasteiger partial charge in [-0.2, -0.15) is 0 Å². The molecule has 132 valence electrons. The molecule has 1 aromatic carbocycles. The van der Waals surface area contributed by atoms with Crippen LogP contribution in [0.25, 0.3) is 0 Å². The van der Waals surface area contributed by atoms with Gasteiger partial charge in [0.05, 0.1) is 0 Å². The number of guanidine groups is 1. The number of rotatable bonds is 7. The van der Waals surface area contributed by atoms with E-state index in [-0.39, 0.29) is 36.1 Å². The fraction of sp³-hybridized carbons (Fsp3) is 0.562. The van der Waals surface area contributed by atoms with E-state index in [9.17, 15) is 8.78 Å². The van der Waals surface area contributed by atoms with Crippen molar-refractivity contribution in [1.82, 2.24) is 15.5 Å². The van der Waals surface area contributed by atoms with Gasteiger partial charge in [0.1, 0.15) is 11.6 Å². The average Bonchev–Trinajstić information content (AvgIpc) is 2.52. The number of benzene rings is 1. The molecule has 0 saturated heterocycles. The zero-order valence-corrected chi connectivity index (χ0v) is 16.5. The molecule has 1 aromatic rings. The summed E-state index contributed by atoms with van der Waals surface area (Å²) in [5.41, 5.74) is 0.277. The Labute approximate surface area is 154 Å². The van der Waals surface area contributed by atoms with Crippen molar-refractivity contribution in [2.24, 2.45) is 4.99 Å². The number of likely N-dealkylation sites (N-methyl/N-ethyl adjacent to an activating group) is 1. The molecule has 0 bridgehead atoms. The van der Waals surface area contributed by atoms with Crippen molar-refractivity contribution in [3.05, 3.63) is 35.4 Å². The van der Waals surface area contributed by atoms with Gasteiger partial charge in [0.2, 0.25) is 0 Å². The number of hydrogen-bond acceptors (Lipinski definition) is 2. The predicted octanol–water partition coefficient (Wildman–Crippen LogP) is 2.98. The Hall–Kier alpha value is -0.960. The maximum absolute atomic E-state index is 13.5. The van der Waals surface area contributed by atoms with Crippen LogP contribution in [-0.4, -0.2) is 44.1 Å². The highest BCUT2D eigenvalue weighted by Gasteiger charge is 2.07. The third kappa shape index (κ3) is 7.92. The minimum absolute atomic E-state index is 0. The van der Waals surface area contributed by atoms with Crippen LogP contribution in [0.4, 0.5) is 8.78 Å². The van der Waals surface area contributed by atoms with E-state index in [0.717, 1.165) is 31.6 Å². The molecule has 2 N–H and O–H groups in total. The first-order valence-electron chi connectivity index (χ1n) is 7.56. The van der Waals surface area contributed by atoms with Crippen molar-refractivity contribution in [2.45, 2.75) is 32.9 Å². The molecule has 1 atom stereocenters. The van der Waals surface area contributed by atoms with Gasteiger partial charge < -0.3 is 15.5 Å². The summed E-state index contributed by atoms with van der Waals surface area (Å²) in [6.45, 7) is 6.13. The molecule has 0 aromatic heterocycles. The number of halogens is 3. The highest BCUT2D eigenvalue weighted by Crippen LogP contribution is 2.09. The van der Waals surface area contributed by atoms with Crippen molar-refractivity contribution in [1.29, 1.82) is 0 Å². The summed E-state index contributed by atoms with van der Waals surface area (Å²) in [6.07, 6.45) is 1.10. The first-order valence-corrected chi connectivity index (χ1v) is 7.56. The Bertz CT molecular complexity index is 497. The van der Waals surface area contributed by atoms with Gasteiger partial charge in [-0.1, -0.05) is 6.92 Å². The molecule has 7 heteroatoms. The Kier molecular flexibility index (Phi) is 11.1. The minimum atomic E-state index is -0.448. The van der Waals surface area contributed by atoms with Gasteiger partial charge in [-0.25, -0.2) is 8.78 Å². The van der Waals surface area contributed by atoms with Crippen molar-refractivity contribution in [2.75, 3.05) is 27.2 Å². The molecule has 0 spiro atoms. The van der Waals surface area contributed by atoms with Crippen LogP contribution in [0.15, 0.2) is 23.2 Å². The summed E-state index contributed by atoms with van der Waals surface area (Å²) in [5.74, 6) is -0.307. The van der Waals surface area contributed by atoms with Gasteiger partial charge in [0, 0.05) is 38.3 Å². The lowest BCUT2D eigenvalue weighted by molar-refractivity contribution is 0.255. The Morgan fingerprint density at radius 1 is 1.30 bits per heavy atom. The van der Waals surface area contributed by atoms with Gasteiger partial charge >= 0.3 is 0 Å². The van der Waals surface area contributed by atoms with Crippen LogP contribution in [0.3, 0.4) is 0 Å². The Morgan fingerprint density at radius 2 is 2.00 bits per heavy atom. The van der Waals surface area contributed by atoms with Crippen LogP contribution in [0.1, 0.15) is 25.8 Å². The van der Waals surface area contributed by atoms with Gasteiger partial charge in [-0.05, 0) is 38.6 Å². The fourth-order valence-corrected chi connectivity index (χ4v) is 1.96. The highest BCUT2D eigenvalue weighted by atomic mass is 127. The number of nitrogens with one attached hydrogen (secondary N) is 2. The largest absolute Gasteiger partial charge is 0.355 e.